The van der Waals surface area contributed by atoms with Crippen molar-refractivity contribution in [3.63, 3.8) is 0 Å². The zero-order valence-corrected chi connectivity index (χ0v) is 14.7. The van der Waals surface area contributed by atoms with Crippen LogP contribution in [0.3, 0.4) is 0 Å². The van der Waals surface area contributed by atoms with E-state index in [2.05, 4.69) is 21.5 Å². The first kappa shape index (κ1) is 17.7. The fourth-order valence-electron chi connectivity index (χ4n) is 2.97. The summed E-state index contributed by atoms with van der Waals surface area (Å²) in [5.41, 5.74) is 1.16. The van der Waals surface area contributed by atoms with Crippen LogP contribution in [0.1, 0.15) is 25.1 Å². The molecule has 1 aromatic heterocycles. The summed E-state index contributed by atoms with van der Waals surface area (Å²) in [5.74, 6) is 0.857. The van der Waals surface area contributed by atoms with E-state index in [4.69, 9.17) is 4.74 Å². The molecule has 2 heterocycles. The normalized spacial score (nSPS) is 15.0. The average molecular weight is 355 g/mol. The summed E-state index contributed by atoms with van der Waals surface area (Å²) >= 11 is 0. The molecule has 0 spiro atoms. The maximum atomic E-state index is 11.0. The van der Waals surface area contributed by atoms with Crippen molar-refractivity contribution < 1.29 is 9.66 Å². The van der Waals surface area contributed by atoms with Crippen LogP contribution in [-0.2, 0) is 7.05 Å². The predicted octanol–water partition coefficient (Wildman–Crippen LogP) is 3.29. The molecule has 0 atom stereocenters. The van der Waals surface area contributed by atoms with E-state index in [1.807, 2.05) is 24.3 Å². The van der Waals surface area contributed by atoms with Crippen LogP contribution in [0.15, 0.2) is 48.2 Å². The number of benzene rings is 1. The number of piperidine rings is 1. The molecule has 0 unspecified atom stereocenters. The maximum Gasteiger partial charge on any atom is 0.343 e. The summed E-state index contributed by atoms with van der Waals surface area (Å²) in [6, 6.07) is 7.74. The second-order valence-corrected chi connectivity index (χ2v) is 6.02. The van der Waals surface area contributed by atoms with Gasteiger partial charge in [0.2, 0.25) is 0 Å². The molecule has 2 aromatic rings. The van der Waals surface area contributed by atoms with Gasteiger partial charge in [-0.3, -0.25) is 0 Å². The minimum absolute atomic E-state index is 0.138. The SMILES string of the molecule is C=CN=C(Oc1ccc(N2CCCCC2)cc1)c1ncc([N+](=O)[O-])n1C. The zero-order chi connectivity index (χ0) is 18.5. The van der Waals surface area contributed by atoms with E-state index in [0.717, 1.165) is 18.8 Å². The lowest BCUT2D eigenvalue weighted by molar-refractivity contribution is -0.391. The number of aromatic nitrogens is 2. The van der Waals surface area contributed by atoms with Crippen LogP contribution in [0.25, 0.3) is 0 Å². The first-order valence-corrected chi connectivity index (χ1v) is 8.48. The van der Waals surface area contributed by atoms with E-state index in [1.54, 1.807) is 7.05 Å². The van der Waals surface area contributed by atoms with Gasteiger partial charge >= 0.3 is 5.82 Å². The van der Waals surface area contributed by atoms with Crippen LogP contribution in [0, 0.1) is 10.1 Å². The quantitative estimate of drug-likeness (QED) is 0.355. The molecule has 136 valence electrons. The Labute approximate surface area is 151 Å². The predicted molar refractivity (Wildman–Crippen MR) is 99.7 cm³/mol. The molecule has 0 radical (unpaired) electrons. The molecule has 0 aliphatic carbocycles. The van der Waals surface area contributed by atoms with Crippen LogP contribution < -0.4 is 9.64 Å². The van der Waals surface area contributed by atoms with E-state index in [0.29, 0.717) is 5.75 Å². The van der Waals surface area contributed by atoms with Crippen LogP contribution >= 0.6 is 0 Å². The van der Waals surface area contributed by atoms with Gasteiger partial charge in [0.1, 0.15) is 11.9 Å². The van der Waals surface area contributed by atoms with Crippen molar-refractivity contribution in [3.8, 4) is 5.75 Å². The van der Waals surface area contributed by atoms with Crippen LogP contribution in [0.5, 0.6) is 5.75 Å². The molecule has 1 aliphatic heterocycles. The number of rotatable bonds is 5. The molecular weight excluding hydrogens is 334 g/mol. The Hall–Kier alpha value is -3.16. The molecule has 0 bridgehead atoms. The number of nitrogens with zero attached hydrogens (tertiary/aromatic N) is 5. The zero-order valence-electron chi connectivity index (χ0n) is 14.7. The highest BCUT2D eigenvalue weighted by molar-refractivity contribution is 5.93. The van der Waals surface area contributed by atoms with Gasteiger partial charge in [0.25, 0.3) is 11.7 Å². The Balaban J connectivity index is 1.79. The van der Waals surface area contributed by atoms with E-state index in [-0.39, 0.29) is 17.5 Å². The summed E-state index contributed by atoms with van der Waals surface area (Å²) in [6.07, 6.45) is 6.21. The van der Waals surface area contributed by atoms with E-state index in [9.17, 15) is 10.1 Å². The van der Waals surface area contributed by atoms with Crippen LogP contribution in [-0.4, -0.2) is 33.5 Å². The summed E-state index contributed by atoms with van der Waals surface area (Å²) in [5, 5.41) is 11.0. The second kappa shape index (κ2) is 7.81. The molecule has 1 aromatic carbocycles. The highest BCUT2D eigenvalue weighted by atomic mass is 16.6. The molecule has 8 heteroatoms. The highest BCUT2D eigenvalue weighted by Gasteiger charge is 2.23. The average Bonchev–Trinajstić information content (AvgIpc) is 3.04. The molecule has 0 saturated carbocycles. The topological polar surface area (TPSA) is 85.8 Å². The monoisotopic (exact) mass is 355 g/mol. The largest absolute Gasteiger partial charge is 0.434 e. The maximum absolute atomic E-state index is 11.0. The Morgan fingerprint density at radius 3 is 2.58 bits per heavy atom. The third-order valence-electron chi connectivity index (χ3n) is 4.32. The first-order chi connectivity index (χ1) is 12.6. The van der Waals surface area contributed by atoms with E-state index >= 15 is 0 Å². The number of nitro groups is 1. The number of imidazole rings is 1. The van der Waals surface area contributed by atoms with Crippen LogP contribution in [0.4, 0.5) is 11.5 Å². The summed E-state index contributed by atoms with van der Waals surface area (Å²) in [7, 11) is 1.54. The standard InChI is InChI=1S/C18H21N5O3/c1-3-19-18(17-20-13-16(21(17)2)23(24)25)26-15-9-7-14(8-10-15)22-11-5-4-6-12-22/h3,7-10,13H,1,4-6,11-12H2,2H3. The Bertz CT molecular complexity index is 820. The fraction of sp³-hybridized carbons (Fsp3) is 0.333. The molecule has 0 amide bonds. The molecule has 1 fully saturated rings. The second-order valence-electron chi connectivity index (χ2n) is 6.02. The molecule has 26 heavy (non-hydrogen) atoms. The van der Waals surface area contributed by atoms with Gasteiger partial charge in [-0.05, 0) is 48.5 Å². The van der Waals surface area contributed by atoms with Crippen molar-refractivity contribution in [2.75, 3.05) is 18.0 Å². The summed E-state index contributed by atoms with van der Waals surface area (Å²) < 4.78 is 7.14. The van der Waals surface area contributed by atoms with Crippen molar-refractivity contribution in [2.45, 2.75) is 19.3 Å². The lowest BCUT2D eigenvalue weighted by Crippen LogP contribution is -2.29. The van der Waals surface area contributed by atoms with Crippen molar-refractivity contribution >= 4 is 17.4 Å². The van der Waals surface area contributed by atoms with Crippen molar-refractivity contribution in [1.82, 2.24) is 9.55 Å². The van der Waals surface area contributed by atoms with Gasteiger partial charge in [-0.2, -0.15) is 0 Å². The van der Waals surface area contributed by atoms with E-state index in [1.165, 1.54) is 36.2 Å². The van der Waals surface area contributed by atoms with Crippen molar-refractivity contribution in [3.05, 3.63) is 59.2 Å². The molecule has 1 saturated heterocycles. The number of ether oxygens (including phenoxy) is 1. The van der Waals surface area contributed by atoms with Gasteiger partial charge in [0.05, 0.1) is 7.05 Å². The fourth-order valence-corrected chi connectivity index (χ4v) is 2.97. The van der Waals surface area contributed by atoms with Gasteiger partial charge in [0.15, 0.2) is 0 Å². The Morgan fingerprint density at radius 1 is 1.31 bits per heavy atom. The number of aliphatic imine (C=N–C) groups is 1. The third-order valence-corrected chi connectivity index (χ3v) is 4.32. The first-order valence-electron chi connectivity index (χ1n) is 8.48. The molecular formula is C18H21N5O3. The summed E-state index contributed by atoms with van der Waals surface area (Å²) in [4.78, 5) is 21.0. The van der Waals surface area contributed by atoms with E-state index < -0.39 is 4.92 Å². The molecule has 1 aliphatic rings. The summed E-state index contributed by atoms with van der Waals surface area (Å²) in [6.45, 7) is 5.71. The van der Waals surface area contributed by atoms with Crippen molar-refractivity contribution in [1.29, 1.82) is 0 Å². The van der Waals surface area contributed by atoms with Gasteiger partial charge in [-0.15, -0.1) is 0 Å². The van der Waals surface area contributed by atoms with Gasteiger partial charge in [-0.25, -0.2) is 14.5 Å². The highest BCUT2D eigenvalue weighted by Crippen LogP contribution is 2.23. The number of hydrogen-bond donors (Lipinski definition) is 0. The van der Waals surface area contributed by atoms with Crippen LogP contribution in [0.2, 0.25) is 0 Å². The lowest BCUT2D eigenvalue weighted by Gasteiger charge is -2.28. The smallest absolute Gasteiger partial charge is 0.343 e. The number of anilines is 1. The van der Waals surface area contributed by atoms with Crippen molar-refractivity contribution in [2.24, 2.45) is 12.0 Å². The van der Waals surface area contributed by atoms with Gasteiger partial charge in [0, 0.05) is 25.0 Å². The molecule has 8 nitrogen and oxygen atoms in total. The lowest BCUT2D eigenvalue weighted by atomic mass is 10.1. The Morgan fingerprint density at radius 2 is 2.00 bits per heavy atom. The molecule has 3 rings (SSSR count). The van der Waals surface area contributed by atoms with Gasteiger partial charge in [-0.1, -0.05) is 6.58 Å². The third kappa shape index (κ3) is 3.74. The molecule has 0 N–H and O–H groups in total. The minimum atomic E-state index is -0.505. The Kier molecular flexibility index (Phi) is 5.31. The number of hydrogen-bond acceptors (Lipinski definition) is 6. The van der Waals surface area contributed by atoms with Gasteiger partial charge < -0.3 is 19.8 Å². The minimum Gasteiger partial charge on any atom is -0.434 e.